The zero-order valence-corrected chi connectivity index (χ0v) is 28.5. The highest BCUT2D eigenvalue weighted by molar-refractivity contribution is 6.30. The highest BCUT2D eigenvalue weighted by Gasteiger charge is 2.42. The van der Waals surface area contributed by atoms with Crippen LogP contribution in [0, 0.1) is 11.3 Å². The lowest BCUT2D eigenvalue weighted by Gasteiger charge is -2.34. The lowest BCUT2D eigenvalue weighted by molar-refractivity contribution is -0.147. The van der Waals surface area contributed by atoms with Crippen LogP contribution in [0.2, 0.25) is 5.02 Å². The third kappa shape index (κ3) is 8.96. The molecule has 1 fully saturated rings. The summed E-state index contributed by atoms with van der Waals surface area (Å²) < 4.78 is 23.5. The number of ether oxygens (including phenoxy) is 4. The van der Waals surface area contributed by atoms with Crippen molar-refractivity contribution >= 4 is 41.0 Å². The summed E-state index contributed by atoms with van der Waals surface area (Å²) in [5.74, 6) is -0.948. The number of carbonyl (C=O) groups is 4. The van der Waals surface area contributed by atoms with E-state index in [1.807, 2.05) is 26.8 Å². The second-order valence-electron chi connectivity index (χ2n) is 12.9. The van der Waals surface area contributed by atoms with Gasteiger partial charge in [0.1, 0.15) is 12.2 Å². The Bertz CT molecular complexity index is 1450. The van der Waals surface area contributed by atoms with Gasteiger partial charge in [0.25, 0.3) is 5.91 Å². The maximum Gasteiger partial charge on any atom is 0.305 e. The number of halogens is 1. The zero-order valence-electron chi connectivity index (χ0n) is 27.8. The number of carboxylic acids is 1. The van der Waals surface area contributed by atoms with Crippen molar-refractivity contribution in [2.45, 2.75) is 71.5 Å². The number of nitrogens with zero attached hydrogens (tertiary/aromatic N) is 2. The van der Waals surface area contributed by atoms with E-state index in [4.69, 9.17) is 30.5 Å². The molecule has 1 N–H and O–H groups in total. The van der Waals surface area contributed by atoms with Crippen LogP contribution in [0.15, 0.2) is 36.4 Å². The third-order valence-electron chi connectivity index (χ3n) is 8.58. The second-order valence-corrected chi connectivity index (χ2v) is 13.4. The van der Waals surface area contributed by atoms with E-state index in [-0.39, 0.29) is 43.8 Å². The molecular formula is C35H45ClN2O9. The number of amides is 2. The predicted molar refractivity (Wildman–Crippen MR) is 176 cm³/mol. The quantitative estimate of drug-likeness (QED) is 0.268. The van der Waals surface area contributed by atoms with Crippen molar-refractivity contribution in [1.29, 1.82) is 0 Å². The number of likely N-dealkylation sites (tertiary alicyclic amines) is 1. The SMILES string of the molecule is CCCC(=O)OCC(C)(C)CN1C(=O)[C@@H](CC(=O)N2CCC(CC(=O)O)CC2)O[C@H](c2cccc(OC)c2OC)c2cc(Cl)ccc21. The number of fused-ring (bicyclic) bond motifs is 1. The van der Waals surface area contributed by atoms with Gasteiger partial charge in [0.2, 0.25) is 5.91 Å². The number of piperidine rings is 1. The molecule has 2 aromatic rings. The van der Waals surface area contributed by atoms with Gasteiger partial charge in [-0.05, 0) is 49.4 Å². The Hall–Kier alpha value is -3.83. The summed E-state index contributed by atoms with van der Waals surface area (Å²) in [6.45, 7) is 6.77. The smallest absolute Gasteiger partial charge is 0.305 e. The molecule has 0 saturated carbocycles. The van der Waals surface area contributed by atoms with Gasteiger partial charge in [-0.25, -0.2) is 0 Å². The van der Waals surface area contributed by atoms with Crippen LogP contribution in [-0.2, 0) is 28.7 Å². The Balaban J connectivity index is 1.73. The Morgan fingerprint density at radius 3 is 2.40 bits per heavy atom. The van der Waals surface area contributed by atoms with Gasteiger partial charge in [-0.1, -0.05) is 44.5 Å². The molecule has 0 unspecified atom stereocenters. The van der Waals surface area contributed by atoms with Gasteiger partial charge in [0, 0.05) is 59.7 Å². The maximum atomic E-state index is 14.5. The molecule has 0 aromatic heterocycles. The zero-order chi connectivity index (χ0) is 34.3. The summed E-state index contributed by atoms with van der Waals surface area (Å²) in [4.78, 5) is 54.9. The van der Waals surface area contributed by atoms with Crippen LogP contribution >= 0.6 is 11.6 Å². The number of carboxylic acid groups (broad SMARTS) is 1. The fourth-order valence-corrected chi connectivity index (χ4v) is 6.35. The lowest BCUT2D eigenvalue weighted by Crippen LogP contribution is -2.48. The number of carbonyl (C=O) groups excluding carboxylic acids is 3. The van der Waals surface area contributed by atoms with Crippen molar-refractivity contribution in [3.05, 3.63) is 52.5 Å². The van der Waals surface area contributed by atoms with E-state index in [0.29, 0.717) is 72.1 Å². The lowest BCUT2D eigenvalue weighted by atomic mass is 9.92. The Kier molecular flexibility index (Phi) is 12.1. The molecule has 11 nitrogen and oxygen atoms in total. The van der Waals surface area contributed by atoms with E-state index in [1.54, 1.807) is 40.1 Å². The Morgan fingerprint density at radius 2 is 1.77 bits per heavy atom. The van der Waals surface area contributed by atoms with E-state index in [0.717, 1.165) is 0 Å². The number of hydrogen-bond acceptors (Lipinski definition) is 8. The van der Waals surface area contributed by atoms with Gasteiger partial charge >= 0.3 is 11.9 Å². The van der Waals surface area contributed by atoms with Crippen molar-refractivity contribution in [1.82, 2.24) is 4.90 Å². The van der Waals surface area contributed by atoms with E-state index in [1.165, 1.54) is 14.2 Å². The van der Waals surface area contributed by atoms with Gasteiger partial charge in [-0.2, -0.15) is 0 Å². The van der Waals surface area contributed by atoms with Gasteiger partial charge in [-0.15, -0.1) is 0 Å². The molecule has 2 aromatic carbocycles. The average molecular weight is 673 g/mol. The summed E-state index contributed by atoms with van der Waals surface area (Å²) in [6.07, 6.45) is -0.111. The first kappa shape index (κ1) is 36.0. The monoisotopic (exact) mass is 672 g/mol. The minimum absolute atomic E-state index is 0.000571. The van der Waals surface area contributed by atoms with Crippen molar-refractivity contribution in [2.75, 3.05) is 45.4 Å². The van der Waals surface area contributed by atoms with E-state index in [9.17, 15) is 24.3 Å². The average Bonchev–Trinajstić information content (AvgIpc) is 3.13. The molecule has 0 bridgehead atoms. The second kappa shape index (κ2) is 15.8. The first-order valence-electron chi connectivity index (χ1n) is 16.0. The van der Waals surface area contributed by atoms with E-state index in [2.05, 4.69) is 0 Å². The van der Waals surface area contributed by atoms with Crippen LogP contribution in [-0.4, -0.2) is 80.3 Å². The summed E-state index contributed by atoms with van der Waals surface area (Å²) in [5.41, 5.74) is 1.07. The number of methoxy groups -OCH3 is 2. The van der Waals surface area contributed by atoms with Crippen LogP contribution in [0.1, 0.15) is 76.5 Å². The van der Waals surface area contributed by atoms with Gasteiger partial charge < -0.3 is 33.9 Å². The molecule has 47 heavy (non-hydrogen) atoms. The number of esters is 1. The minimum atomic E-state index is -1.19. The molecule has 2 amide bonds. The molecule has 1 saturated heterocycles. The highest BCUT2D eigenvalue weighted by atomic mass is 35.5. The molecular weight excluding hydrogens is 628 g/mol. The van der Waals surface area contributed by atoms with Crippen molar-refractivity contribution in [2.24, 2.45) is 11.3 Å². The molecule has 0 aliphatic carbocycles. The molecule has 2 aliphatic heterocycles. The fourth-order valence-electron chi connectivity index (χ4n) is 6.17. The summed E-state index contributed by atoms with van der Waals surface area (Å²) in [5, 5.41) is 9.62. The molecule has 2 heterocycles. The summed E-state index contributed by atoms with van der Waals surface area (Å²) >= 11 is 6.54. The van der Waals surface area contributed by atoms with Crippen molar-refractivity contribution in [3.8, 4) is 11.5 Å². The first-order chi connectivity index (χ1) is 22.4. The summed E-state index contributed by atoms with van der Waals surface area (Å²) in [6, 6.07) is 10.6. The van der Waals surface area contributed by atoms with Crippen LogP contribution in [0.4, 0.5) is 5.69 Å². The predicted octanol–water partition coefficient (Wildman–Crippen LogP) is 5.65. The highest BCUT2D eigenvalue weighted by Crippen LogP contribution is 2.45. The molecule has 2 atom stereocenters. The number of aliphatic carboxylic acids is 1. The van der Waals surface area contributed by atoms with Crippen molar-refractivity contribution in [3.63, 3.8) is 0 Å². The molecule has 12 heteroatoms. The fraction of sp³-hybridized carbons (Fsp3) is 0.543. The van der Waals surface area contributed by atoms with Crippen LogP contribution in [0.3, 0.4) is 0 Å². The van der Waals surface area contributed by atoms with E-state index < -0.39 is 29.5 Å². The minimum Gasteiger partial charge on any atom is -0.493 e. The largest absolute Gasteiger partial charge is 0.493 e. The van der Waals surface area contributed by atoms with Crippen LogP contribution in [0.5, 0.6) is 11.5 Å². The number of para-hydroxylation sites is 1. The molecule has 0 spiro atoms. The normalized spacial score (nSPS) is 18.7. The molecule has 2 aliphatic rings. The van der Waals surface area contributed by atoms with Gasteiger partial charge in [0.15, 0.2) is 11.5 Å². The molecule has 256 valence electrons. The van der Waals surface area contributed by atoms with Crippen LogP contribution in [0.25, 0.3) is 0 Å². The number of rotatable bonds is 13. The first-order valence-corrected chi connectivity index (χ1v) is 16.4. The topological polar surface area (TPSA) is 132 Å². The maximum absolute atomic E-state index is 14.5. The standard InChI is InChI=1S/C35H45ClN2O9/c1-6-8-31(42)46-21-35(2,3)20-38-26-12-11-23(36)18-25(26)32(24-9-7-10-27(44-4)33(24)45-5)47-28(34(38)43)19-29(39)37-15-13-22(14-16-37)17-30(40)41/h7,9-12,18,22,28,32H,6,8,13-17,19-21H2,1-5H3,(H,40,41)/t28-,32-/m1/s1. The number of hydrogen-bond donors (Lipinski definition) is 1. The molecule has 4 rings (SSSR count). The number of benzene rings is 2. The van der Waals surface area contributed by atoms with Crippen LogP contribution < -0.4 is 14.4 Å². The third-order valence-corrected chi connectivity index (χ3v) is 8.81. The Labute approximate surface area is 281 Å². The Morgan fingerprint density at radius 1 is 1.04 bits per heavy atom. The summed E-state index contributed by atoms with van der Waals surface area (Å²) in [7, 11) is 3.05. The molecule has 0 radical (unpaired) electrons. The van der Waals surface area contributed by atoms with Crippen molar-refractivity contribution < 1.29 is 43.2 Å². The number of anilines is 1. The van der Waals surface area contributed by atoms with E-state index >= 15 is 0 Å². The van der Waals surface area contributed by atoms with Gasteiger partial charge in [0.05, 0.1) is 27.2 Å². The van der Waals surface area contributed by atoms with Gasteiger partial charge in [-0.3, -0.25) is 19.2 Å².